The molecule has 0 aliphatic carbocycles. The van der Waals surface area contributed by atoms with Crippen LogP contribution in [0.15, 0.2) is 0 Å². The van der Waals surface area contributed by atoms with Gasteiger partial charge >= 0.3 is 0 Å². The third-order valence-electron chi connectivity index (χ3n) is 4.18. The van der Waals surface area contributed by atoms with Crippen LogP contribution in [-0.4, -0.2) is 55.0 Å². The zero-order chi connectivity index (χ0) is 14.8. The van der Waals surface area contributed by atoms with Gasteiger partial charge in [0.2, 0.25) is 5.91 Å². The van der Waals surface area contributed by atoms with E-state index in [1.165, 1.54) is 0 Å². The van der Waals surface area contributed by atoms with Crippen LogP contribution in [0, 0.1) is 17.2 Å². The van der Waals surface area contributed by atoms with Gasteiger partial charge < -0.3 is 10.6 Å². The highest BCUT2D eigenvalue weighted by Gasteiger charge is 2.21. The maximum atomic E-state index is 12.2. The smallest absolute Gasteiger partial charge is 0.222 e. The number of carbonyl (C=O) groups excluding carboxylic acids is 1. The van der Waals surface area contributed by atoms with Crippen molar-refractivity contribution in [1.82, 2.24) is 9.80 Å². The molecule has 0 aromatic heterocycles. The second kappa shape index (κ2) is 9.73. The molecule has 1 heterocycles. The minimum atomic E-state index is 0.278. The zero-order valence-electron chi connectivity index (χ0n) is 12.7. The van der Waals surface area contributed by atoms with Gasteiger partial charge in [-0.15, -0.1) is 0 Å². The Labute approximate surface area is 122 Å². The molecule has 5 nitrogen and oxygen atoms in total. The number of nitriles is 1. The van der Waals surface area contributed by atoms with E-state index in [4.69, 9.17) is 11.0 Å². The molecule has 1 aliphatic rings. The molecule has 0 aromatic rings. The molecule has 0 aromatic carbocycles. The van der Waals surface area contributed by atoms with Crippen LogP contribution in [0.4, 0.5) is 0 Å². The van der Waals surface area contributed by atoms with Crippen LogP contribution in [-0.2, 0) is 4.79 Å². The van der Waals surface area contributed by atoms with Crippen LogP contribution in [0.25, 0.3) is 0 Å². The SMILES string of the molecule is CCC(CCN)CCC(=O)N1CCN(CCC#N)CC1. The molecule has 1 unspecified atom stereocenters. The Kier molecular flexibility index (Phi) is 8.24. The maximum Gasteiger partial charge on any atom is 0.222 e. The number of piperazine rings is 1. The molecule has 1 rings (SSSR count). The van der Waals surface area contributed by atoms with Gasteiger partial charge in [0, 0.05) is 45.6 Å². The van der Waals surface area contributed by atoms with Gasteiger partial charge in [-0.1, -0.05) is 13.3 Å². The van der Waals surface area contributed by atoms with Gasteiger partial charge in [0.25, 0.3) is 0 Å². The normalized spacial score (nSPS) is 17.8. The van der Waals surface area contributed by atoms with Crippen LogP contribution in [0.3, 0.4) is 0 Å². The fourth-order valence-corrected chi connectivity index (χ4v) is 2.70. The van der Waals surface area contributed by atoms with Crippen molar-refractivity contribution in [2.75, 3.05) is 39.3 Å². The zero-order valence-corrected chi connectivity index (χ0v) is 12.7. The predicted molar refractivity (Wildman–Crippen MR) is 79.9 cm³/mol. The standard InChI is InChI=1S/C15H28N4O/c1-2-14(6-8-17)4-5-15(20)19-12-10-18(11-13-19)9-3-7-16/h14H,2-6,8-13,17H2,1H3. The summed E-state index contributed by atoms with van der Waals surface area (Å²) >= 11 is 0. The van der Waals surface area contributed by atoms with E-state index >= 15 is 0 Å². The number of hydrogen-bond donors (Lipinski definition) is 1. The van der Waals surface area contributed by atoms with Crippen LogP contribution < -0.4 is 5.73 Å². The molecule has 0 radical (unpaired) electrons. The summed E-state index contributed by atoms with van der Waals surface area (Å²) in [4.78, 5) is 16.4. The highest BCUT2D eigenvalue weighted by Crippen LogP contribution is 2.16. The largest absolute Gasteiger partial charge is 0.340 e. The van der Waals surface area contributed by atoms with E-state index in [2.05, 4.69) is 17.9 Å². The minimum absolute atomic E-state index is 0.278. The van der Waals surface area contributed by atoms with Crippen molar-refractivity contribution in [3.63, 3.8) is 0 Å². The van der Waals surface area contributed by atoms with Crippen molar-refractivity contribution in [3.05, 3.63) is 0 Å². The molecule has 1 aliphatic heterocycles. The summed E-state index contributed by atoms with van der Waals surface area (Å²) in [5, 5.41) is 8.58. The molecule has 1 amide bonds. The number of nitrogens with zero attached hydrogens (tertiary/aromatic N) is 3. The Morgan fingerprint density at radius 1 is 1.30 bits per heavy atom. The Morgan fingerprint density at radius 3 is 2.55 bits per heavy atom. The fraction of sp³-hybridized carbons (Fsp3) is 0.867. The van der Waals surface area contributed by atoms with Crippen LogP contribution in [0.5, 0.6) is 0 Å². The average Bonchev–Trinajstić information content (AvgIpc) is 2.49. The summed E-state index contributed by atoms with van der Waals surface area (Å²) in [5.41, 5.74) is 5.59. The Morgan fingerprint density at radius 2 is 2.00 bits per heavy atom. The van der Waals surface area contributed by atoms with E-state index < -0.39 is 0 Å². The highest BCUT2D eigenvalue weighted by molar-refractivity contribution is 5.76. The van der Waals surface area contributed by atoms with E-state index in [0.717, 1.165) is 52.0 Å². The molecule has 114 valence electrons. The summed E-state index contributed by atoms with van der Waals surface area (Å²) < 4.78 is 0. The lowest BCUT2D eigenvalue weighted by molar-refractivity contribution is -0.133. The molecule has 5 heteroatoms. The Hall–Kier alpha value is -1.12. The van der Waals surface area contributed by atoms with E-state index in [1.54, 1.807) is 0 Å². The monoisotopic (exact) mass is 280 g/mol. The van der Waals surface area contributed by atoms with Gasteiger partial charge in [-0.05, 0) is 25.3 Å². The van der Waals surface area contributed by atoms with Crippen molar-refractivity contribution in [2.24, 2.45) is 11.7 Å². The quantitative estimate of drug-likeness (QED) is 0.725. The first-order valence-corrected chi connectivity index (χ1v) is 7.78. The third kappa shape index (κ3) is 5.89. The third-order valence-corrected chi connectivity index (χ3v) is 4.18. The molecule has 1 fully saturated rings. The molecule has 0 spiro atoms. The number of hydrogen-bond acceptors (Lipinski definition) is 4. The molecular formula is C15H28N4O. The first-order chi connectivity index (χ1) is 9.71. The van der Waals surface area contributed by atoms with Gasteiger partial charge in [0.05, 0.1) is 6.07 Å². The molecule has 0 saturated carbocycles. The van der Waals surface area contributed by atoms with Gasteiger partial charge in [-0.3, -0.25) is 9.69 Å². The molecule has 1 saturated heterocycles. The lowest BCUT2D eigenvalue weighted by Gasteiger charge is -2.34. The van der Waals surface area contributed by atoms with E-state index in [-0.39, 0.29) is 5.91 Å². The van der Waals surface area contributed by atoms with Gasteiger partial charge in [-0.2, -0.15) is 5.26 Å². The van der Waals surface area contributed by atoms with Crippen molar-refractivity contribution in [1.29, 1.82) is 5.26 Å². The fourth-order valence-electron chi connectivity index (χ4n) is 2.70. The van der Waals surface area contributed by atoms with Crippen LogP contribution >= 0.6 is 0 Å². The summed E-state index contributed by atoms with van der Waals surface area (Å²) in [6, 6.07) is 2.17. The van der Waals surface area contributed by atoms with Gasteiger partial charge in [-0.25, -0.2) is 0 Å². The second-order valence-corrected chi connectivity index (χ2v) is 5.52. The topological polar surface area (TPSA) is 73.4 Å². The van der Waals surface area contributed by atoms with Crippen molar-refractivity contribution >= 4 is 5.91 Å². The summed E-state index contributed by atoms with van der Waals surface area (Å²) in [6.45, 7) is 7.10. The molecule has 20 heavy (non-hydrogen) atoms. The molecule has 2 N–H and O–H groups in total. The lowest BCUT2D eigenvalue weighted by atomic mass is 9.96. The van der Waals surface area contributed by atoms with E-state index in [0.29, 0.717) is 25.3 Å². The lowest BCUT2D eigenvalue weighted by Crippen LogP contribution is -2.48. The van der Waals surface area contributed by atoms with Gasteiger partial charge in [0.1, 0.15) is 0 Å². The number of amides is 1. The Balaban J connectivity index is 2.23. The maximum absolute atomic E-state index is 12.2. The van der Waals surface area contributed by atoms with E-state index in [9.17, 15) is 4.79 Å². The molecular weight excluding hydrogens is 252 g/mol. The van der Waals surface area contributed by atoms with Crippen molar-refractivity contribution in [2.45, 2.75) is 39.0 Å². The van der Waals surface area contributed by atoms with Crippen molar-refractivity contribution in [3.8, 4) is 6.07 Å². The number of carbonyl (C=O) groups is 1. The van der Waals surface area contributed by atoms with Crippen LogP contribution in [0.1, 0.15) is 39.0 Å². The second-order valence-electron chi connectivity index (χ2n) is 5.52. The summed E-state index contributed by atoms with van der Waals surface area (Å²) in [6.07, 6.45) is 4.31. The summed E-state index contributed by atoms with van der Waals surface area (Å²) in [7, 11) is 0. The molecule has 0 bridgehead atoms. The summed E-state index contributed by atoms with van der Waals surface area (Å²) in [5.74, 6) is 0.862. The van der Waals surface area contributed by atoms with Gasteiger partial charge in [0.15, 0.2) is 0 Å². The van der Waals surface area contributed by atoms with E-state index in [1.807, 2.05) is 4.90 Å². The highest BCUT2D eigenvalue weighted by atomic mass is 16.2. The first-order valence-electron chi connectivity index (χ1n) is 7.78. The first kappa shape index (κ1) is 16.9. The Bertz CT molecular complexity index is 318. The minimum Gasteiger partial charge on any atom is -0.340 e. The van der Waals surface area contributed by atoms with Crippen LogP contribution in [0.2, 0.25) is 0 Å². The number of rotatable bonds is 8. The van der Waals surface area contributed by atoms with Crippen molar-refractivity contribution < 1.29 is 4.79 Å². The average molecular weight is 280 g/mol. The number of nitrogens with two attached hydrogens (primary N) is 1. The predicted octanol–water partition coefficient (Wildman–Crippen LogP) is 1.20. The molecule has 1 atom stereocenters.